The summed E-state index contributed by atoms with van der Waals surface area (Å²) in [4.78, 5) is 16.6. The largest absolute Gasteiger partial charge is 0.459 e. The zero-order valence-corrected chi connectivity index (χ0v) is 16.6. The predicted molar refractivity (Wildman–Crippen MR) is 102 cm³/mol. The minimum Gasteiger partial charge on any atom is -0.459 e. The molecule has 3 aromatic rings. The fourth-order valence-electron chi connectivity index (χ4n) is 3.12. The molecule has 2 aromatic heterocycles. The maximum Gasteiger partial charge on any atom is 0.287 e. The lowest BCUT2D eigenvalue weighted by molar-refractivity contribution is 0.0904. The molecule has 0 bridgehead atoms. The second kappa shape index (κ2) is 7.80. The number of furan rings is 1. The van der Waals surface area contributed by atoms with Gasteiger partial charge in [-0.05, 0) is 56.2 Å². The van der Waals surface area contributed by atoms with Gasteiger partial charge in [0.25, 0.3) is 5.91 Å². The second-order valence-electron chi connectivity index (χ2n) is 6.76. The molecule has 29 heavy (non-hydrogen) atoms. The number of sulfonamides is 1. The Kier molecular flexibility index (Phi) is 5.20. The van der Waals surface area contributed by atoms with Crippen molar-refractivity contribution in [1.29, 1.82) is 0 Å². The fourth-order valence-corrected chi connectivity index (χ4v) is 4.64. The molecule has 1 fully saturated rings. The van der Waals surface area contributed by atoms with Gasteiger partial charge in [0.1, 0.15) is 6.04 Å². The molecule has 9 nitrogen and oxygen atoms in total. The smallest absolute Gasteiger partial charge is 0.287 e. The molecule has 4 rings (SSSR count). The van der Waals surface area contributed by atoms with E-state index in [1.54, 1.807) is 43.3 Å². The molecule has 0 radical (unpaired) electrons. The summed E-state index contributed by atoms with van der Waals surface area (Å²) in [6.07, 6.45) is 3.19. The molecule has 152 valence electrons. The number of hydrogen-bond acceptors (Lipinski definition) is 7. The number of nitrogens with zero attached hydrogens (tertiary/aromatic N) is 3. The Labute approximate surface area is 167 Å². The van der Waals surface area contributed by atoms with E-state index in [4.69, 9.17) is 8.94 Å². The normalized spacial score (nSPS) is 16.0. The molecule has 1 saturated heterocycles. The maximum absolute atomic E-state index is 12.6. The highest BCUT2D eigenvalue weighted by atomic mass is 32.2. The summed E-state index contributed by atoms with van der Waals surface area (Å²) < 4.78 is 37.0. The van der Waals surface area contributed by atoms with Gasteiger partial charge in [-0.2, -0.15) is 9.29 Å². The number of rotatable bonds is 6. The van der Waals surface area contributed by atoms with Crippen LogP contribution in [-0.2, 0) is 10.0 Å². The molecule has 0 saturated carbocycles. The van der Waals surface area contributed by atoms with E-state index in [9.17, 15) is 13.2 Å². The van der Waals surface area contributed by atoms with Crippen LogP contribution in [-0.4, -0.2) is 41.9 Å². The van der Waals surface area contributed by atoms with Crippen LogP contribution in [0, 0.1) is 0 Å². The summed E-state index contributed by atoms with van der Waals surface area (Å²) in [6.45, 7) is 2.82. The molecule has 1 aromatic carbocycles. The average Bonchev–Trinajstić information content (AvgIpc) is 3.50. The minimum atomic E-state index is -3.47. The predicted octanol–water partition coefficient (Wildman–Crippen LogP) is 2.61. The van der Waals surface area contributed by atoms with Crippen molar-refractivity contribution >= 4 is 15.9 Å². The molecule has 1 N–H and O–H groups in total. The van der Waals surface area contributed by atoms with Gasteiger partial charge in [-0.3, -0.25) is 4.79 Å². The van der Waals surface area contributed by atoms with E-state index in [1.807, 2.05) is 0 Å². The molecule has 10 heteroatoms. The van der Waals surface area contributed by atoms with Gasteiger partial charge in [-0.15, -0.1) is 0 Å². The summed E-state index contributed by atoms with van der Waals surface area (Å²) in [6, 6.07) is 9.02. The average molecular weight is 416 g/mol. The van der Waals surface area contributed by atoms with Gasteiger partial charge in [0, 0.05) is 18.7 Å². The van der Waals surface area contributed by atoms with E-state index in [0.29, 0.717) is 24.5 Å². The fraction of sp³-hybridized carbons (Fsp3) is 0.316. The Balaban J connectivity index is 1.47. The number of hydrogen-bond donors (Lipinski definition) is 1. The first kappa shape index (κ1) is 19.3. The lowest BCUT2D eigenvalue weighted by atomic mass is 10.2. The standard InChI is InChI=1S/C19H20N4O5S/c1-13(20-18(24)16-5-4-12-27-16)19-21-17(22-28-19)14-6-8-15(9-7-14)29(25,26)23-10-2-3-11-23/h4-9,12-13H,2-3,10-11H2,1H3,(H,20,24). The van der Waals surface area contributed by atoms with Gasteiger partial charge in [0.15, 0.2) is 5.76 Å². The molecule has 1 amide bonds. The Hall–Kier alpha value is -2.98. The third-order valence-electron chi connectivity index (χ3n) is 4.72. The van der Waals surface area contributed by atoms with E-state index in [-0.39, 0.29) is 16.5 Å². The van der Waals surface area contributed by atoms with Crippen LogP contribution in [0.25, 0.3) is 11.4 Å². The first-order valence-corrected chi connectivity index (χ1v) is 10.7. The van der Waals surface area contributed by atoms with Crippen molar-refractivity contribution < 1.29 is 22.2 Å². The first-order valence-electron chi connectivity index (χ1n) is 9.24. The van der Waals surface area contributed by atoms with Gasteiger partial charge in [-0.1, -0.05) is 5.16 Å². The van der Waals surface area contributed by atoms with E-state index < -0.39 is 22.0 Å². The van der Waals surface area contributed by atoms with Crippen LogP contribution in [0.5, 0.6) is 0 Å². The molecule has 1 unspecified atom stereocenters. The summed E-state index contributed by atoms with van der Waals surface area (Å²) in [5.74, 6) is 0.336. The molecular formula is C19H20N4O5S. The Morgan fingerprint density at radius 3 is 2.55 bits per heavy atom. The molecular weight excluding hydrogens is 396 g/mol. The van der Waals surface area contributed by atoms with E-state index in [0.717, 1.165) is 12.8 Å². The van der Waals surface area contributed by atoms with Gasteiger partial charge >= 0.3 is 0 Å². The van der Waals surface area contributed by atoms with Crippen molar-refractivity contribution in [3.05, 3.63) is 54.3 Å². The number of aromatic nitrogens is 2. The van der Waals surface area contributed by atoms with Crippen LogP contribution in [0.4, 0.5) is 0 Å². The quantitative estimate of drug-likeness (QED) is 0.656. The van der Waals surface area contributed by atoms with Crippen LogP contribution in [0.15, 0.2) is 56.5 Å². The van der Waals surface area contributed by atoms with Crippen LogP contribution in [0.2, 0.25) is 0 Å². The van der Waals surface area contributed by atoms with Crippen molar-refractivity contribution in [2.45, 2.75) is 30.7 Å². The zero-order chi connectivity index (χ0) is 20.4. The SMILES string of the molecule is CC(NC(=O)c1ccco1)c1nc(-c2ccc(S(=O)(=O)N3CCCC3)cc2)no1. The van der Waals surface area contributed by atoms with Gasteiger partial charge in [0.05, 0.1) is 11.2 Å². The van der Waals surface area contributed by atoms with Crippen molar-refractivity contribution in [3.63, 3.8) is 0 Å². The van der Waals surface area contributed by atoms with E-state index in [2.05, 4.69) is 15.5 Å². The van der Waals surface area contributed by atoms with E-state index >= 15 is 0 Å². The molecule has 0 spiro atoms. The molecule has 1 aliphatic heterocycles. The van der Waals surface area contributed by atoms with Crippen molar-refractivity contribution in [3.8, 4) is 11.4 Å². The zero-order valence-electron chi connectivity index (χ0n) is 15.7. The summed E-state index contributed by atoms with van der Waals surface area (Å²) in [5, 5.41) is 6.64. The number of amides is 1. The Morgan fingerprint density at radius 2 is 1.90 bits per heavy atom. The van der Waals surface area contributed by atoms with Crippen molar-refractivity contribution in [1.82, 2.24) is 19.8 Å². The van der Waals surface area contributed by atoms with Gasteiger partial charge in [-0.25, -0.2) is 8.42 Å². The lowest BCUT2D eigenvalue weighted by Crippen LogP contribution is -2.27. The number of carbonyl (C=O) groups excluding carboxylic acids is 1. The number of carbonyl (C=O) groups is 1. The number of benzene rings is 1. The molecule has 1 atom stereocenters. The summed E-state index contributed by atoms with van der Waals surface area (Å²) in [5.41, 5.74) is 0.616. The van der Waals surface area contributed by atoms with Crippen LogP contribution < -0.4 is 5.32 Å². The third-order valence-corrected chi connectivity index (χ3v) is 6.63. The van der Waals surface area contributed by atoms with Crippen molar-refractivity contribution in [2.75, 3.05) is 13.1 Å². The maximum atomic E-state index is 12.6. The highest BCUT2D eigenvalue weighted by molar-refractivity contribution is 7.89. The Bertz CT molecular complexity index is 1080. The van der Waals surface area contributed by atoms with Crippen LogP contribution >= 0.6 is 0 Å². The minimum absolute atomic E-state index is 0.186. The molecule has 3 heterocycles. The molecule has 0 aliphatic carbocycles. The van der Waals surface area contributed by atoms with E-state index in [1.165, 1.54) is 10.6 Å². The Morgan fingerprint density at radius 1 is 1.17 bits per heavy atom. The first-order chi connectivity index (χ1) is 13.9. The van der Waals surface area contributed by atoms with Crippen LogP contribution in [0.3, 0.4) is 0 Å². The summed E-state index contributed by atoms with van der Waals surface area (Å²) in [7, 11) is -3.47. The van der Waals surface area contributed by atoms with Crippen LogP contribution in [0.1, 0.15) is 42.3 Å². The monoisotopic (exact) mass is 416 g/mol. The van der Waals surface area contributed by atoms with Gasteiger partial charge in [0.2, 0.25) is 21.7 Å². The molecule has 1 aliphatic rings. The van der Waals surface area contributed by atoms with Gasteiger partial charge < -0.3 is 14.3 Å². The second-order valence-corrected chi connectivity index (χ2v) is 8.70. The highest BCUT2D eigenvalue weighted by Gasteiger charge is 2.27. The number of nitrogens with one attached hydrogen (secondary N) is 1. The highest BCUT2D eigenvalue weighted by Crippen LogP contribution is 2.24. The lowest BCUT2D eigenvalue weighted by Gasteiger charge is -2.15. The summed E-state index contributed by atoms with van der Waals surface area (Å²) >= 11 is 0. The topological polar surface area (TPSA) is 119 Å². The third kappa shape index (κ3) is 3.94. The van der Waals surface area contributed by atoms with Crippen molar-refractivity contribution in [2.24, 2.45) is 0 Å².